The van der Waals surface area contributed by atoms with Gasteiger partial charge in [-0.25, -0.2) is 0 Å². The second-order valence-corrected chi connectivity index (χ2v) is 5.41. The molecule has 1 rings (SSSR count). The summed E-state index contributed by atoms with van der Waals surface area (Å²) in [5, 5.41) is 9.23. The smallest absolute Gasteiger partial charge is 0.327 e. The normalized spacial score (nSPS) is 20.8. The van der Waals surface area contributed by atoms with Gasteiger partial charge in [-0.1, -0.05) is 0 Å². The molecule has 0 aromatic carbocycles. The lowest BCUT2D eigenvalue weighted by Gasteiger charge is -2.23. The van der Waals surface area contributed by atoms with Crippen molar-refractivity contribution in [3.63, 3.8) is 0 Å². The molecule has 1 aliphatic heterocycles. The van der Waals surface area contributed by atoms with Crippen LogP contribution < -0.4 is 0 Å². The summed E-state index contributed by atoms with van der Waals surface area (Å²) in [6, 6.07) is 2.03. The fourth-order valence-corrected chi connectivity index (χ4v) is 2.38. The van der Waals surface area contributed by atoms with E-state index in [0.717, 1.165) is 37.1 Å². The van der Waals surface area contributed by atoms with Crippen molar-refractivity contribution >= 4 is 5.97 Å². The van der Waals surface area contributed by atoms with Gasteiger partial charge in [-0.3, -0.25) is 4.79 Å². The molecule has 0 bridgehead atoms. The summed E-state index contributed by atoms with van der Waals surface area (Å²) in [7, 11) is 5.95. The van der Waals surface area contributed by atoms with E-state index < -0.39 is 11.9 Å². The van der Waals surface area contributed by atoms with E-state index in [4.69, 9.17) is 4.74 Å². The number of nitriles is 1. The molecule has 0 aromatic rings. The maximum absolute atomic E-state index is 11.8. The van der Waals surface area contributed by atoms with Gasteiger partial charge in [0.2, 0.25) is 0 Å². The zero-order valence-corrected chi connectivity index (χ0v) is 13.4. The van der Waals surface area contributed by atoms with Crippen molar-refractivity contribution in [3.05, 3.63) is 23.5 Å². The third-order valence-corrected chi connectivity index (χ3v) is 3.35. The molecule has 1 fully saturated rings. The average Bonchev–Trinajstić information content (AvgIpc) is 2.58. The Balaban J connectivity index is 3.13. The van der Waals surface area contributed by atoms with Crippen molar-refractivity contribution in [1.82, 2.24) is 9.80 Å². The number of esters is 1. The van der Waals surface area contributed by atoms with E-state index >= 15 is 0 Å². The van der Waals surface area contributed by atoms with E-state index in [1.807, 2.05) is 32.1 Å². The Hall–Kier alpha value is -1.96. The number of rotatable bonds is 4. The molecule has 1 atom stereocenters. The highest BCUT2D eigenvalue weighted by Crippen LogP contribution is 2.26. The average molecular weight is 291 g/mol. The molecule has 1 aliphatic rings. The Kier molecular flexibility index (Phi) is 6.80. The number of ether oxygens (including phenoxy) is 1. The van der Waals surface area contributed by atoms with Crippen LogP contribution in [0.25, 0.3) is 0 Å². The predicted octanol–water partition coefficient (Wildman–Crippen LogP) is 2.13. The predicted molar refractivity (Wildman–Crippen MR) is 82.1 cm³/mol. The third-order valence-electron chi connectivity index (χ3n) is 3.35. The van der Waals surface area contributed by atoms with Crippen LogP contribution in [0.15, 0.2) is 23.5 Å². The third kappa shape index (κ3) is 5.14. The Bertz CT molecular complexity index is 461. The number of hydrogen-bond donors (Lipinski definition) is 0. The standard InChI is InChI=1S/C16H25N3O2/c1-5-21-16(20)14(11-17)10-15-13(12-18(2)3)8-6-7-9-19(15)4/h10,12,14H,5-9H2,1-4H3/b13-12-,15-10+. The Morgan fingerprint density at radius 2 is 2.24 bits per heavy atom. The molecular weight excluding hydrogens is 266 g/mol. The van der Waals surface area contributed by atoms with Crippen LogP contribution in [0.3, 0.4) is 0 Å². The second kappa shape index (κ2) is 8.35. The Morgan fingerprint density at radius 3 is 2.81 bits per heavy atom. The van der Waals surface area contributed by atoms with Crippen molar-refractivity contribution in [2.45, 2.75) is 26.2 Å². The van der Waals surface area contributed by atoms with Crippen molar-refractivity contribution in [2.75, 3.05) is 34.3 Å². The highest BCUT2D eigenvalue weighted by atomic mass is 16.5. The van der Waals surface area contributed by atoms with Crippen molar-refractivity contribution in [3.8, 4) is 6.07 Å². The molecule has 0 aromatic heterocycles. The fourth-order valence-electron chi connectivity index (χ4n) is 2.38. The first kappa shape index (κ1) is 17.1. The topological polar surface area (TPSA) is 56.6 Å². The van der Waals surface area contributed by atoms with Crippen LogP contribution in [0.4, 0.5) is 0 Å². The van der Waals surface area contributed by atoms with E-state index in [0.29, 0.717) is 0 Å². The van der Waals surface area contributed by atoms with E-state index in [9.17, 15) is 10.1 Å². The van der Waals surface area contributed by atoms with Crippen LogP contribution in [0, 0.1) is 17.2 Å². The highest BCUT2D eigenvalue weighted by Gasteiger charge is 2.22. The number of allylic oxidation sites excluding steroid dienone is 1. The number of carbonyl (C=O) groups is 1. The summed E-state index contributed by atoms with van der Waals surface area (Å²) in [5.74, 6) is -1.33. The minimum atomic E-state index is -0.855. The molecule has 0 spiro atoms. The van der Waals surface area contributed by atoms with Crippen molar-refractivity contribution in [2.24, 2.45) is 5.92 Å². The van der Waals surface area contributed by atoms with Gasteiger partial charge in [0.05, 0.1) is 12.7 Å². The van der Waals surface area contributed by atoms with Gasteiger partial charge >= 0.3 is 5.97 Å². The van der Waals surface area contributed by atoms with E-state index in [1.165, 1.54) is 0 Å². The lowest BCUT2D eigenvalue weighted by Crippen LogP contribution is -2.22. The Labute approximate surface area is 127 Å². The molecule has 5 heteroatoms. The highest BCUT2D eigenvalue weighted by molar-refractivity contribution is 5.77. The molecule has 5 nitrogen and oxygen atoms in total. The first-order valence-corrected chi connectivity index (χ1v) is 7.36. The van der Waals surface area contributed by atoms with E-state index in [2.05, 4.69) is 11.1 Å². The minimum absolute atomic E-state index is 0.288. The van der Waals surface area contributed by atoms with Crippen LogP contribution in [-0.2, 0) is 9.53 Å². The summed E-state index contributed by atoms with van der Waals surface area (Å²) in [6.45, 7) is 2.96. The molecule has 0 amide bonds. The summed E-state index contributed by atoms with van der Waals surface area (Å²) in [4.78, 5) is 15.9. The largest absolute Gasteiger partial charge is 0.465 e. The van der Waals surface area contributed by atoms with E-state index in [-0.39, 0.29) is 6.61 Å². The second-order valence-electron chi connectivity index (χ2n) is 5.41. The summed E-state index contributed by atoms with van der Waals surface area (Å²) in [6.07, 6.45) is 6.97. The molecule has 1 heterocycles. The van der Waals surface area contributed by atoms with Gasteiger partial charge in [0.1, 0.15) is 0 Å². The SMILES string of the molecule is CCOC(=O)C(C#N)/C=C1\C(=C/N(C)C)CCCCN1C. The molecule has 0 saturated carbocycles. The first-order chi connectivity index (χ1) is 9.99. The molecule has 0 N–H and O–H groups in total. The molecule has 21 heavy (non-hydrogen) atoms. The minimum Gasteiger partial charge on any atom is -0.465 e. The number of nitrogens with zero attached hydrogens (tertiary/aromatic N) is 3. The van der Waals surface area contributed by atoms with Gasteiger partial charge in [0.25, 0.3) is 0 Å². The molecule has 0 radical (unpaired) electrons. The first-order valence-electron chi connectivity index (χ1n) is 7.36. The van der Waals surface area contributed by atoms with Gasteiger partial charge in [-0.15, -0.1) is 0 Å². The number of likely N-dealkylation sites (tertiary alicyclic amines) is 1. The van der Waals surface area contributed by atoms with Crippen molar-refractivity contribution in [1.29, 1.82) is 5.26 Å². The summed E-state index contributed by atoms with van der Waals surface area (Å²) < 4.78 is 4.96. The lowest BCUT2D eigenvalue weighted by molar-refractivity contribution is -0.144. The zero-order valence-electron chi connectivity index (χ0n) is 13.4. The molecule has 0 aliphatic carbocycles. The number of carbonyl (C=O) groups excluding carboxylic acids is 1. The molecular formula is C16H25N3O2. The summed E-state index contributed by atoms with van der Waals surface area (Å²) >= 11 is 0. The molecule has 1 saturated heterocycles. The van der Waals surface area contributed by atoms with Crippen LogP contribution >= 0.6 is 0 Å². The van der Waals surface area contributed by atoms with Gasteiger partial charge < -0.3 is 14.5 Å². The van der Waals surface area contributed by atoms with Crippen LogP contribution in [0.5, 0.6) is 0 Å². The van der Waals surface area contributed by atoms with Crippen LogP contribution in [0.2, 0.25) is 0 Å². The fraction of sp³-hybridized carbons (Fsp3) is 0.625. The van der Waals surface area contributed by atoms with Gasteiger partial charge in [-0.05, 0) is 37.8 Å². The molecule has 116 valence electrons. The quantitative estimate of drug-likeness (QED) is 0.743. The zero-order chi connectivity index (χ0) is 15.8. The van der Waals surface area contributed by atoms with Gasteiger partial charge in [-0.2, -0.15) is 5.26 Å². The maximum atomic E-state index is 11.8. The molecule has 1 unspecified atom stereocenters. The van der Waals surface area contributed by atoms with Crippen LogP contribution in [0.1, 0.15) is 26.2 Å². The lowest BCUT2D eigenvalue weighted by atomic mass is 10.0. The van der Waals surface area contributed by atoms with Gasteiger partial charge in [0.15, 0.2) is 5.92 Å². The van der Waals surface area contributed by atoms with Crippen LogP contribution in [-0.4, -0.2) is 50.1 Å². The summed E-state index contributed by atoms with van der Waals surface area (Å²) in [5.41, 5.74) is 2.12. The van der Waals surface area contributed by atoms with Crippen molar-refractivity contribution < 1.29 is 9.53 Å². The van der Waals surface area contributed by atoms with E-state index in [1.54, 1.807) is 13.0 Å². The van der Waals surface area contributed by atoms with Gasteiger partial charge in [0, 0.05) is 39.6 Å². The maximum Gasteiger partial charge on any atom is 0.327 e. The monoisotopic (exact) mass is 291 g/mol. The number of likely N-dealkylation sites (N-methyl/N-ethyl adjacent to an activating group) is 1. The Morgan fingerprint density at radius 1 is 1.52 bits per heavy atom. The number of hydrogen-bond acceptors (Lipinski definition) is 5.